The highest BCUT2D eigenvalue weighted by atomic mass is 16.5. The molecule has 2 amide bonds. The fourth-order valence-corrected chi connectivity index (χ4v) is 5.23. The van der Waals surface area contributed by atoms with Crippen molar-refractivity contribution in [1.82, 2.24) is 24.6 Å². The monoisotopic (exact) mass is 560 g/mol. The molecule has 1 fully saturated rings. The number of Topliss-reactive ketones (excluding diaryl/α,β-unsaturated/α-hetero) is 1. The Morgan fingerprint density at radius 1 is 1.10 bits per heavy atom. The van der Waals surface area contributed by atoms with E-state index in [9.17, 15) is 9.59 Å². The summed E-state index contributed by atoms with van der Waals surface area (Å²) in [6.07, 6.45) is 4.74. The number of hydrogen-bond donors (Lipinski definition) is 2. The number of urea groups is 1. The number of amides is 2. The first-order valence-corrected chi connectivity index (χ1v) is 14.2. The number of fused-ring (bicyclic) bond motifs is 2. The van der Waals surface area contributed by atoms with Gasteiger partial charge in [0, 0.05) is 74.2 Å². The summed E-state index contributed by atoms with van der Waals surface area (Å²) in [6, 6.07) is 10.9. The zero-order valence-corrected chi connectivity index (χ0v) is 24.4. The van der Waals surface area contributed by atoms with E-state index in [4.69, 9.17) is 9.47 Å². The van der Waals surface area contributed by atoms with Crippen LogP contribution in [0.1, 0.15) is 22.3 Å². The van der Waals surface area contributed by atoms with Crippen LogP contribution in [0.15, 0.2) is 48.4 Å². The number of benzene rings is 2. The Morgan fingerprint density at radius 3 is 2.66 bits per heavy atom. The molecule has 2 aliphatic heterocycles. The number of carbonyl (C=O) groups excluding carboxylic acids is 2. The number of ether oxygens (including phenoxy) is 2. The summed E-state index contributed by atoms with van der Waals surface area (Å²) in [7, 11) is 7.81. The van der Waals surface area contributed by atoms with Crippen molar-refractivity contribution < 1.29 is 19.1 Å². The van der Waals surface area contributed by atoms with E-state index in [0.29, 0.717) is 23.5 Å². The summed E-state index contributed by atoms with van der Waals surface area (Å²) in [4.78, 5) is 32.6. The molecule has 2 N–H and O–H groups in total. The van der Waals surface area contributed by atoms with Gasteiger partial charge < -0.3 is 34.5 Å². The summed E-state index contributed by atoms with van der Waals surface area (Å²) < 4.78 is 13.7. The molecule has 0 spiro atoms. The minimum atomic E-state index is -0.302. The topological polar surface area (TPSA) is 91.3 Å². The van der Waals surface area contributed by atoms with Gasteiger partial charge >= 0.3 is 6.03 Å². The Kier molecular flexibility index (Phi) is 8.92. The molecule has 0 bridgehead atoms. The Balaban J connectivity index is 1.31. The summed E-state index contributed by atoms with van der Waals surface area (Å²) in [5, 5.41) is 6.66. The highest BCUT2D eigenvalue weighted by Gasteiger charge is 2.28. The maximum atomic E-state index is 13.4. The summed E-state index contributed by atoms with van der Waals surface area (Å²) in [5.74, 6) is 1.28. The lowest BCUT2D eigenvalue weighted by Gasteiger charge is -2.32. The molecule has 0 radical (unpaired) electrons. The molecule has 1 aromatic heterocycles. The Morgan fingerprint density at radius 2 is 1.90 bits per heavy atom. The first-order valence-electron chi connectivity index (χ1n) is 14.2. The number of rotatable bonds is 10. The normalized spacial score (nSPS) is 16.8. The average molecular weight is 561 g/mol. The molecule has 1 saturated heterocycles. The molecule has 218 valence electrons. The average Bonchev–Trinajstić information content (AvgIpc) is 3.46. The van der Waals surface area contributed by atoms with E-state index in [1.165, 1.54) is 0 Å². The molecular weight excluding hydrogens is 520 g/mol. The predicted octanol–water partition coefficient (Wildman–Crippen LogP) is 3.59. The van der Waals surface area contributed by atoms with Gasteiger partial charge in [0.25, 0.3) is 0 Å². The van der Waals surface area contributed by atoms with E-state index in [2.05, 4.69) is 49.2 Å². The molecule has 5 rings (SSSR count). The van der Waals surface area contributed by atoms with Gasteiger partial charge in [0.05, 0.1) is 12.7 Å². The van der Waals surface area contributed by atoms with Gasteiger partial charge in [-0.25, -0.2) is 4.79 Å². The number of aromatic nitrogens is 1. The van der Waals surface area contributed by atoms with Crippen molar-refractivity contribution in [2.24, 2.45) is 0 Å². The SMILES string of the molecule is COc1ccc2c(c1)c(C=C1Oc3ccc(NC(=O)NCCCN(C)C)cc3C1=O)cn2CCN1CCN(C)CC1. The lowest BCUT2D eigenvalue weighted by molar-refractivity contribution is 0.101. The van der Waals surface area contributed by atoms with E-state index in [1.54, 1.807) is 31.4 Å². The molecule has 2 aliphatic rings. The van der Waals surface area contributed by atoms with Gasteiger partial charge in [-0.3, -0.25) is 9.69 Å². The minimum Gasteiger partial charge on any atom is -0.497 e. The summed E-state index contributed by atoms with van der Waals surface area (Å²) in [5.41, 5.74) is 2.94. The molecule has 41 heavy (non-hydrogen) atoms. The largest absolute Gasteiger partial charge is 0.497 e. The molecule has 10 nitrogen and oxygen atoms in total. The fraction of sp³-hybridized carbons (Fsp3) is 0.419. The van der Waals surface area contributed by atoms with Crippen LogP contribution >= 0.6 is 0 Å². The molecule has 0 unspecified atom stereocenters. The maximum absolute atomic E-state index is 13.4. The fourth-order valence-electron chi connectivity index (χ4n) is 5.23. The van der Waals surface area contributed by atoms with Gasteiger partial charge in [-0.1, -0.05) is 0 Å². The van der Waals surface area contributed by atoms with Gasteiger partial charge in [0.1, 0.15) is 11.5 Å². The molecule has 2 aromatic carbocycles. The van der Waals surface area contributed by atoms with Crippen LogP contribution in [0.25, 0.3) is 17.0 Å². The van der Waals surface area contributed by atoms with Crippen LogP contribution in [0.3, 0.4) is 0 Å². The zero-order valence-electron chi connectivity index (χ0n) is 24.4. The van der Waals surface area contributed by atoms with Crippen LogP contribution in [0.4, 0.5) is 10.5 Å². The van der Waals surface area contributed by atoms with Gasteiger partial charge in [-0.2, -0.15) is 0 Å². The third-order valence-corrected chi connectivity index (χ3v) is 7.65. The van der Waals surface area contributed by atoms with Crippen LogP contribution in [0.2, 0.25) is 0 Å². The standard InChI is InChI=1S/C31H40N6O4/c1-34(2)11-5-10-32-31(39)33-23-6-9-28-26(19-23)30(38)29(41-28)18-22-21-37(17-16-36-14-12-35(3)13-15-36)27-8-7-24(40-4)20-25(22)27/h6-9,18-21H,5,10-17H2,1-4H3,(H2,32,33,39). The Hall–Kier alpha value is -3.86. The van der Waals surface area contributed by atoms with Crippen LogP contribution in [-0.2, 0) is 6.54 Å². The number of ketones is 1. The van der Waals surface area contributed by atoms with Crippen molar-refractivity contribution in [3.63, 3.8) is 0 Å². The predicted molar refractivity (Wildman–Crippen MR) is 162 cm³/mol. The third kappa shape index (κ3) is 6.90. The number of nitrogens with one attached hydrogen (secondary N) is 2. The van der Waals surface area contributed by atoms with E-state index in [1.807, 2.05) is 26.2 Å². The van der Waals surface area contributed by atoms with E-state index < -0.39 is 0 Å². The highest BCUT2D eigenvalue weighted by molar-refractivity contribution is 6.15. The third-order valence-electron chi connectivity index (χ3n) is 7.65. The first kappa shape index (κ1) is 28.7. The molecule has 0 aliphatic carbocycles. The number of hydrogen-bond acceptors (Lipinski definition) is 7. The second kappa shape index (κ2) is 12.8. The second-order valence-electron chi connectivity index (χ2n) is 11.0. The van der Waals surface area contributed by atoms with Gasteiger partial charge in [-0.05, 0) is 76.6 Å². The first-order chi connectivity index (χ1) is 19.8. The van der Waals surface area contributed by atoms with Crippen molar-refractivity contribution in [1.29, 1.82) is 0 Å². The van der Waals surface area contributed by atoms with Gasteiger partial charge in [0.15, 0.2) is 5.76 Å². The lowest BCUT2D eigenvalue weighted by atomic mass is 10.1. The van der Waals surface area contributed by atoms with E-state index in [-0.39, 0.29) is 17.6 Å². The van der Waals surface area contributed by atoms with Crippen LogP contribution in [0.5, 0.6) is 11.5 Å². The lowest BCUT2D eigenvalue weighted by Crippen LogP contribution is -2.45. The van der Waals surface area contributed by atoms with Crippen LogP contribution < -0.4 is 20.1 Å². The number of methoxy groups -OCH3 is 1. The van der Waals surface area contributed by atoms with Crippen molar-refractivity contribution in [3.05, 3.63) is 59.5 Å². The molecule has 0 atom stereocenters. The summed E-state index contributed by atoms with van der Waals surface area (Å²) >= 11 is 0. The Labute approximate surface area is 241 Å². The van der Waals surface area contributed by atoms with Crippen molar-refractivity contribution in [3.8, 4) is 11.5 Å². The quantitative estimate of drug-likeness (QED) is 0.289. The van der Waals surface area contributed by atoms with Gasteiger partial charge in [0.2, 0.25) is 5.78 Å². The molecular formula is C31H40N6O4. The molecule has 10 heteroatoms. The van der Waals surface area contributed by atoms with Gasteiger partial charge in [-0.15, -0.1) is 0 Å². The number of likely N-dealkylation sites (N-methyl/N-ethyl adjacent to an activating group) is 1. The molecule has 3 heterocycles. The maximum Gasteiger partial charge on any atom is 0.319 e. The number of allylic oxidation sites excluding steroid dienone is 1. The van der Waals surface area contributed by atoms with Crippen LogP contribution in [0, 0.1) is 0 Å². The smallest absolute Gasteiger partial charge is 0.319 e. The molecule has 3 aromatic rings. The molecule has 0 saturated carbocycles. The van der Waals surface area contributed by atoms with E-state index in [0.717, 1.165) is 74.5 Å². The second-order valence-corrected chi connectivity index (χ2v) is 11.0. The van der Waals surface area contributed by atoms with Crippen molar-refractivity contribution in [2.75, 3.05) is 79.4 Å². The van der Waals surface area contributed by atoms with Crippen molar-refractivity contribution >= 4 is 34.5 Å². The number of piperazine rings is 1. The van der Waals surface area contributed by atoms with E-state index >= 15 is 0 Å². The number of carbonyl (C=O) groups is 2. The number of nitrogens with zero attached hydrogens (tertiary/aromatic N) is 4. The highest BCUT2D eigenvalue weighted by Crippen LogP contribution is 2.35. The Bertz CT molecular complexity index is 1440. The minimum absolute atomic E-state index is 0.212. The summed E-state index contributed by atoms with van der Waals surface area (Å²) in [6.45, 7) is 7.56. The van der Waals surface area contributed by atoms with Crippen LogP contribution in [-0.4, -0.2) is 105 Å². The number of anilines is 1. The zero-order chi connectivity index (χ0) is 28.9. The van der Waals surface area contributed by atoms with Crippen molar-refractivity contribution in [2.45, 2.75) is 13.0 Å².